The van der Waals surface area contributed by atoms with Crippen molar-refractivity contribution in [3.63, 3.8) is 0 Å². The van der Waals surface area contributed by atoms with Crippen LogP contribution in [-0.2, 0) is 9.84 Å². The first kappa shape index (κ1) is 14.0. The lowest BCUT2D eigenvalue weighted by Crippen LogP contribution is -1.95. The summed E-state index contributed by atoms with van der Waals surface area (Å²) in [5, 5.41) is 1.33. The number of allylic oxidation sites excluding steroid dienone is 1. The Morgan fingerprint density at radius 2 is 1.76 bits per heavy atom. The minimum Gasteiger partial charge on any atom is -0.219 e. The Balaban J connectivity index is 2.65. The molecule has 1 aromatic carbocycles. The van der Waals surface area contributed by atoms with Crippen molar-refractivity contribution in [2.45, 2.75) is 44.4 Å². The first-order chi connectivity index (χ1) is 8.06. The normalized spacial score (nSPS) is 12.1. The summed E-state index contributed by atoms with van der Waals surface area (Å²) in [7, 11) is -3.24. The molecule has 0 spiro atoms. The largest absolute Gasteiger partial charge is 0.219 e. The van der Waals surface area contributed by atoms with E-state index in [9.17, 15) is 8.42 Å². The lowest BCUT2D eigenvalue weighted by molar-refractivity contribution is 0.604. The van der Waals surface area contributed by atoms with Gasteiger partial charge in [-0.1, -0.05) is 43.5 Å². The number of hydrogen-bond acceptors (Lipinski definition) is 2. The van der Waals surface area contributed by atoms with E-state index in [2.05, 4.69) is 6.92 Å². The maximum Gasteiger partial charge on any atom is 0.199 e. The van der Waals surface area contributed by atoms with Crippen molar-refractivity contribution in [2.75, 3.05) is 0 Å². The first-order valence-electron chi connectivity index (χ1n) is 6.04. The van der Waals surface area contributed by atoms with Crippen LogP contribution in [0.5, 0.6) is 0 Å². The molecular weight excluding hydrogens is 232 g/mol. The van der Waals surface area contributed by atoms with Gasteiger partial charge >= 0.3 is 0 Å². The third-order valence-electron chi connectivity index (χ3n) is 2.60. The Kier molecular flexibility index (Phi) is 5.42. The van der Waals surface area contributed by atoms with E-state index >= 15 is 0 Å². The Hall–Kier alpha value is -1.09. The molecule has 0 aliphatic heterocycles. The van der Waals surface area contributed by atoms with Crippen LogP contribution in [0.4, 0.5) is 0 Å². The topological polar surface area (TPSA) is 34.1 Å². The highest BCUT2D eigenvalue weighted by Crippen LogP contribution is 2.13. The zero-order chi connectivity index (χ0) is 12.7. The summed E-state index contributed by atoms with van der Waals surface area (Å²) < 4.78 is 23.8. The van der Waals surface area contributed by atoms with E-state index in [0.717, 1.165) is 31.2 Å². The second-order valence-corrected chi connectivity index (χ2v) is 6.06. The van der Waals surface area contributed by atoms with Crippen LogP contribution in [0.2, 0.25) is 0 Å². The molecule has 0 N–H and O–H groups in total. The average molecular weight is 252 g/mol. The molecule has 2 nitrogen and oxygen atoms in total. The second kappa shape index (κ2) is 6.60. The zero-order valence-corrected chi connectivity index (χ0v) is 11.3. The van der Waals surface area contributed by atoms with Crippen LogP contribution >= 0.6 is 0 Å². The number of hydrogen-bond donors (Lipinski definition) is 0. The van der Waals surface area contributed by atoms with E-state index in [-0.39, 0.29) is 0 Å². The van der Waals surface area contributed by atoms with Crippen molar-refractivity contribution in [3.05, 3.63) is 41.3 Å². The van der Waals surface area contributed by atoms with E-state index in [1.54, 1.807) is 18.2 Å². The molecule has 0 radical (unpaired) electrons. The van der Waals surface area contributed by atoms with E-state index in [1.165, 1.54) is 5.41 Å². The molecule has 3 heteroatoms. The van der Waals surface area contributed by atoms with Gasteiger partial charge in [0, 0.05) is 5.41 Å². The predicted octanol–water partition coefficient (Wildman–Crippen LogP) is 3.86. The number of benzene rings is 1. The minimum absolute atomic E-state index is 0.370. The van der Waals surface area contributed by atoms with Crippen LogP contribution in [0.25, 0.3) is 0 Å². The van der Waals surface area contributed by atoms with Crippen LogP contribution in [0.15, 0.2) is 40.6 Å². The van der Waals surface area contributed by atoms with Gasteiger partial charge in [-0.05, 0) is 31.9 Å². The van der Waals surface area contributed by atoms with Gasteiger partial charge in [-0.15, -0.1) is 0 Å². The van der Waals surface area contributed by atoms with Crippen molar-refractivity contribution in [1.29, 1.82) is 0 Å². The van der Waals surface area contributed by atoms with Crippen LogP contribution in [-0.4, -0.2) is 8.42 Å². The summed E-state index contributed by atoms with van der Waals surface area (Å²) in [5.41, 5.74) is 1.07. The molecule has 0 aliphatic carbocycles. The van der Waals surface area contributed by atoms with Gasteiger partial charge in [0.05, 0.1) is 4.90 Å². The molecule has 17 heavy (non-hydrogen) atoms. The molecule has 0 heterocycles. The van der Waals surface area contributed by atoms with Crippen molar-refractivity contribution in [2.24, 2.45) is 0 Å². The van der Waals surface area contributed by atoms with Gasteiger partial charge in [0.2, 0.25) is 0 Å². The number of aryl methyl sites for hydroxylation is 1. The van der Waals surface area contributed by atoms with Gasteiger partial charge in [-0.3, -0.25) is 0 Å². The highest BCUT2D eigenvalue weighted by Gasteiger charge is 2.08. The summed E-state index contributed by atoms with van der Waals surface area (Å²) in [6, 6.07) is 6.94. The summed E-state index contributed by atoms with van der Waals surface area (Å²) in [4.78, 5) is 0.370. The molecule has 0 saturated carbocycles. The molecular formula is C14H20O2S. The molecule has 1 rings (SSSR count). The van der Waals surface area contributed by atoms with Crippen LogP contribution in [0.3, 0.4) is 0 Å². The molecule has 0 amide bonds. The van der Waals surface area contributed by atoms with Crippen molar-refractivity contribution in [3.8, 4) is 0 Å². The maximum absolute atomic E-state index is 11.9. The zero-order valence-electron chi connectivity index (χ0n) is 10.5. The number of rotatable bonds is 6. The van der Waals surface area contributed by atoms with E-state index < -0.39 is 9.84 Å². The molecule has 0 atom stereocenters. The number of unbranched alkanes of at least 4 members (excludes halogenated alkanes) is 3. The van der Waals surface area contributed by atoms with Crippen LogP contribution in [0, 0.1) is 6.92 Å². The first-order valence-corrected chi connectivity index (χ1v) is 7.59. The lowest BCUT2D eigenvalue weighted by atomic mass is 10.2. The van der Waals surface area contributed by atoms with E-state index in [1.807, 2.05) is 19.1 Å². The summed E-state index contributed by atoms with van der Waals surface area (Å²) >= 11 is 0. The van der Waals surface area contributed by atoms with Gasteiger partial charge in [0.15, 0.2) is 9.84 Å². The summed E-state index contributed by atoms with van der Waals surface area (Å²) in [6.07, 6.45) is 5.94. The van der Waals surface area contributed by atoms with Crippen LogP contribution in [0.1, 0.15) is 38.2 Å². The van der Waals surface area contributed by atoms with Gasteiger partial charge in [0.25, 0.3) is 0 Å². The Morgan fingerprint density at radius 3 is 2.35 bits per heavy atom. The fourth-order valence-corrected chi connectivity index (χ4v) is 2.58. The highest BCUT2D eigenvalue weighted by molar-refractivity contribution is 7.94. The Morgan fingerprint density at radius 1 is 1.12 bits per heavy atom. The predicted molar refractivity (Wildman–Crippen MR) is 71.6 cm³/mol. The minimum atomic E-state index is -3.24. The molecule has 0 aliphatic rings. The van der Waals surface area contributed by atoms with E-state index in [0.29, 0.717) is 4.90 Å². The van der Waals surface area contributed by atoms with Crippen molar-refractivity contribution < 1.29 is 8.42 Å². The van der Waals surface area contributed by atoms with Gasteiger partial charge < -0.3 is 0 Å². The molecule has 0 bridgehead atoms. The quantitative estimate of drug-likeness (QED) is 0.720. The van der Waals surface area contributed by atoms with Crippen molar-refractivity contribution in [1.82, 2.24) is 0 Å². The monoisotopic (exact) mass is 252 g/mol. The van der Waals surface area contributed by atoms with E-state index in [4.69, 9.17) is 0 Å². The summed E-state index contributed by atoms with van der Waals surface area (Å²) in [5.74, 6) is 0. The summed E-state index contributed by atoms with van der Waals surface area (Å²) in [6.45, 7) is 4.07. The standard InChI is InChI=1S/C14H20O2S/c1-3-4-5-6-7-12-17(15,16)14-10-8-13(2)9-11-14/h7-12H,3-6H2,1-2H3/b12-7-. The Labute approximate surface area is 104 Å². The molecule has 0 aromatic heterocycles. The Bertz CT molecular complexity index is 456. The van der Waals surface area contributed by atoms with Crippen LogP contribution < -0.4 is 0 Å². The highest BCUT2D eigenvalue weighted by atomic mass is 32.2. The molecule has 0 unspecified atom stereocenters. The molecule has 94 valence electrons. The smallest absolute Gasteiger partial charge is 0.199 e. The molecule has 1 aromatic rings. The van der Waals surface area contributed by atoms with Gasteiger partial charge in [-0.25, -0.2) is 8.42 Å². The fourth-order valence-electron chi connectivity index (χ4n) is 1.51. The third-order valence-corrected chi connectivity index (χ3v) is 4.08. The third kappa shape index (κ3) is 4.73. The lowest BCUT2D eigenvalue weighted by Gasteiger charge is -1.99. The molecule has 0 fully saturated rings. The van der Waals surface area contributed by atoms with Gasteiger partial charge in [-0.2, -0.15) is 0 Å². The average Bonchev–Trinajstić information content (AvgIpc) is 2.29. The van der Waals surface area contributed by atoms with Gasteiger partial charge in [0.1, 0.15) is 0 Å². The molecule has 0 saturated heterocycles. The van der Waals surface area contributed by atoms with Crippen molar-refractivity contribution >= 4 is 9.84 Å². The second-order valence-electron chi connectivity index (χ2n) is 4.23. The maximum atomic E-state index is 11.9. The SMILES string of the molecule is CCCCC/C=C\S(=O)(=O)c1ccc(C)cc1. The fraction of sp³-hybridized carbons (Fsp3) is 0.429. The number of sulfone groups is 1.